The molecule has 4 atom stereocenters. The fourth-order valence-corrected chi connectivity index (χ4v) is 4.11. The highest BCUT2D eigenvalue weighted by Crippen LogP contribution is 2.36. The molecule has 0 bridgehead atoms. The van der Waals surface area contributed by atoms with E-state index in [0.29, 0.717) is 5.16 Å². The van der Waals surface area contributed by atoms with Gasteiger partial charge in [0.05, 0.1) is 6.61 Å². The van der Waals surface area contributed by atoms with E-state index in [0.717, 1.165) is 0 Å². The molecule has 0 saturated carbocycles. The second kappa shape index (κ2) is 8.03. The summed E-state index contributed by atoms with van der Waals surface area (Å²) in [7, 11) is 1.55. The van der Waals surface area contributed by atoms with Crippen LogP contribution in [0.1, 0.15) is 20.8 Å². The van der Waals surface area contributed by atoms with Gasteiger partial charge in [-0.1, -0.05) is 11.8 Å². The Balaban J connectivity index is 2.15. The molecular formula is C17H22N4O7S. The molecule has 1 amide bonds. The van der Waals surface area contributed by atoms with Crippen molar-refractivity contribution in [2.75, 3.05) is 23.1 Å². The first-order chi connectivity index (χ1) is 13.6. The van der Waals surface area contributed by atoms with Gasteiger partial charge >= 0.3 is 11.9 Å². The largest absolute Gasteiger partial charge is 0.456 e. The number of rotatable bonds is 3. The van der Waals surface area contributed by atoms with Gasteiger partial charge in [0, 0.05) is 27.8 Å². The average molecular weight is 426 g/mol. The van der Waals surface area contributed by atoms with Gasteiger partial charge in [0.15, 0.2) is 35.1 Å². The summed E-state index contributed by atoms with van der Waals surface area (Å²) in [6.07, 6.45) is -1.02. The first-order valence-electron chi connectivity index (χ1n) is 8.83. The Morgan fingerprint density at radius 1 is 1.21 bits per heavy atom. The molecule has 2 aliphatic heterocycles. The molecule has 158 valence electrons. The zero-order chi connectivity index (χ0) is 21.5. The van der Waals surface area contributed by atoms with Gasteiger partial charge in [0.1, 0.15) is 6.04 Å². The van der Waals surface area contributed by atoms with E-state index in [-0.39, 0.29) is 18.1 Å². The number of fused-ring (bicyclic) bond motifs is 2. The predicted octanol–water partition coefficient (Wildman–Crippen LogP) is -0.131. The number of thioether (sulfide) groups is 1. The standard InChI is InChI=1S/C17H22N4O7S/c1-7(22)21-11-13(28-9(3)24)10(27-8(2)23)6-26-15(11)18-14-12(21)16(25)20(4)17(19-14)29-5/h10-11,13,15,18H,6H2,1-5H3/t10-,11+,13-,15-/m0/s1. The van der Waals surface area contributed by atoms with Crippen molar-refractivity contribution >= 4 is 41.1 Å². The highest BCUT2D eigenvalue weighted by molar-refractivity contribution is 7.98. The highest BCUT2D eigenvalue weighted by atomic mass is 32.2. The maximum atomic E-state index is 13.0. The Kier molecular flexibility index (Phi) is 5.85. The molecule has 11 nitrogen and oxygen atoms in total. The first kappa shape index (κ1) is 21.1. The zero-order valence-electron chi connectivity index (χ0n) is 16.6. The maximum Gasteiger partial charge on any atom is 0.303 e. The van der Waals surface area contributed by atoms with Crippen molar-refractivity contribution in [3.8, 4) is 0 Å². The first-order valence-corrected chi connectivity index (χ1v) is 10.1. The van der Waals surface area contributed by atoms with Gasteiger partial charge in [-0.15, -0.1) is 0 Å². The average Bonchev–Trinajstić information content (AvgIpc) is 2.64. The van der Waals surface area contributed by atoms with Crippen molar-refractivity contribution in [1.82, 2.24) is 9.55 Å². The van der Waals surface area contributed by atoms with E-state index < -0.39 is 47.9 Å². The topological polar surface area (TPSA) is 129 Å². The van der Waals surface area contributed by atoms with Crippen LogP contribution >= 0.6 is 11.8 Å². The Bertz CT molecular complexity index is 918. The molecule has 0 unspecified atom stereocenters. The Morgan fingerprint density at radius 2 is 1.86 bits per heavy atom. The summed E-state index contributed by atoms with van der Waals surface area (Å²) in [6, 6.07) is -0.934. The van der Waals surface area contributed by atoms with Gasteiger partial charge in [-0.05, 0) is 6.26 Å². The lowest BCUT2D eigenvalue weighted by molar-refractivity contribution is -0.190. The second-order valence-electron chi connectivity index (χ2n) is 6.66. The summed E-state index contributed by atoms with van der Waals surface area (Å²) in [5.41, 5.74) is -0.431. The fourth-order valence-electron chi connectivity index (χ4n) is 3.57. The summed E-state index contributed by atoms with van der Waals surface area (Å²) in [5.74, 6) is -1.48. The number of carbonyl (C=O) groups is 3. The third-order valence-corrected chi connectivity index (χ3v) is 5.37. The molecule has 3 rings (SSSR count). The van der Waals surface area contributed by atoms with Crippen LogP contribution in [0.3, 0.4) is 0 Å². The third kappa shape index (κ3) is 3.81. The molecule has 1 N–H and O–H groups in total. The van der Waals surface area contributed by atoms with Crippen molar-refractivity contribution < 1.29 is 28.6 Å². The number of amides is 1. The van der Waals surface area contributed by atoms with Crippen molar-refractivity contribution in [3.05, 3.63) is 10.4 Å². The monoisotopic (exact) mass is 426 g/mol. The summed E-state index contributed by atoms with van der Waals surface area (Å²) in [5, 5.41) is 3.47. The SMILES string of the molecule is CSc1nc2c(c(=O)n1C)N(C(C)=O)[C@@H]1[C@@H](OC(C)=O)[C@@H](OC(C)=O)CO[C@@H]1N2. The van der Waals surface area contributed by atoms with Gasteiger partial charge in [0.2, 0.25) is 5.91 Å². The van der Waals surface area contributed by atoms with Gasteiger partial charge in [-0.25, -0.2) is 4.98 Å². The molecular weight excluding hydrogens is 404 g/mol. The van der Waals surface area contributed by atoms with Crippen LogP contribution in [-0.2, 0) is 35.6 Å². The van der Waals surface area contributed by atoms with Crippen LogP contribution in [0.15, 0.2) is 9.95 Å². The van der Waals surface area contributed by atoms with Crippen LogP contribution in [0.25, 0.3) is 0 Å². The van der Waals surface area contributed by atoms with Gasteiger partial charge in [-0.2, -0.15) is 0 Å². The number of hydrogen-bond donors (Lipinski definition) is 1. The molecule has 2 aliphatic rings. The van der Waals surface area contributed by atoms with Crippen LogP contribution in [0.2, 0.25) is 0 Å². The summed E-state index contributed by atoms with van der Waals surface area (Å²) in [4.78, 5) is 54.5. The van der Waals surface area contributed by atoms with Crippen LogP contribution < -0.4 is 15.8 Å². The summed E-state index contributed by atoms with van der Waals surface area (Å²) >= 11 is 1.28. The maximum absolute atomic E-state index is 13.0. The lowest BCUT2D eigenvalue weighted by atomic mass is 9.96. The lowest BCUT2D eigenvalue weighted by Gasteiger charge is -2.48. The highest BCUT2D eigenvalue weighted by Gasteiger charge is 2.52. The molecule has 29 heavy (non-hydrogen) atoms. The van der Waals surface area contributed by atoms with Crippen molar-refractivity contribution in [2.24, 2.45) is 7.05 Å². The van der Waals surface area contributed by atoms with E-state index in [9.17, 15) is 19.2 Å². The van der Waals surface area contributed by atoms with Crippen LogP contribution in [0.5, 0.6) is 0 Å². The molecule has 1 saturated heterocycles. The van der Waals surface area contributed by atoms with Gasteiger partial charge in [-0.3, -0.25) is 28.6 Å². The Hall–Kier alpha value is -2.60. The normalized spacial score (nSPS) is 25.3. The molecule has 0 spiro atoms. The van der Waals surface area contributed by atoms with E-state index in [2.05, 4.69) is 10.3 Å². The number of hydrogen-bond acceptors (Lipinski definition) is 10. The summed E-state index contributed by atoms with van der Waals surface area (Å²) < 4.78 is 17.8. The minimum Gasteiger partial charge on any atom is -0.456 e. The summed E-state index contributed by atoms with van der Waals surface area (Å²) in [6.45, 7) is 3.65. The number of ether oxygens (including phenoxy) is 3. The van der Waals surface area contributed by atoms with Gasteiger partial charge in [0.25, 0.3) is 5.56 Å². The minimum atomic E-state index is -1.04. The third-order valence-electron chi connectivity index (χ3n) is 4.64. The van der Waals surface area contributed by atoms with E-state index >= 15 is 0 Å². The number of esters is 2. The minimum absolute atomic E-state index is 0.0169. The molecule has 3 heterocycles. The number of anilines is 2. The van der Waals surface area contributed by atoms with Gasteiger partial charge < -0.3 is 19.5 Å². The quantitative estimate of drug-likeness (QED) is 0.396. The zero-order valence-corrected chi connectivity index (χ0v) is 17.4. The van der Waals surface area contributed by atoms with Crippen LogP contribution in [-0.4, -0.2) is 64.7 Å². The molecule has 1 aromatic heterocycles. The van der Waals surface area contributed by atoms with Crippen molar-refractivity contribution in [1.29, 1.82) is 0 Å². The van der Waals surface area contributed by atoms with E-state index in [1.165, 1.54) is 42.0 Å². The predicted molar refractivity (Wildman–Crippen MR) is 103 cm³/mol. The molecule has 1 fully saturated rings. The molecule has 12 heteroatoms. The van der Waals surface area contributed by atoms with Crippen molar-refractivity contribution in [2.45, 2.75) is 50.4 Å². The van der Waals surface area contributed by atoms with E-state index in [1.54, 1.807) is 13.3 Å². The molecule has 0 aliphatic carbocycles. The Morgan fingerprint density at radius 3 is 2.41 bits per heavy atom. The Labute approximate surface area is 170 Å². The molecule has 1 aromatic rings. The fraction of sp³-hybridized carbons (Fsp3) is 0.588. The van der Waals surface area contributed by atoms with Crippen LogP contribution in [0.4, 0.5) is 11.5 Å². The van der Waals surface area contributed by atoms with E-state index in [1.807, 2.05) is 0 Å². The number of nitrogens with one attached hydrogen (secondary N) is 1. The lowest BCUT2D eigenvalue weighted by Crippen LogP contribution is -2.68. The van der Waals surface area contributed by atoms with Crippen molar-refractivity contribution in [3.63, 3.8) is 0 Å². The smallest absolute Gasteiger partial charge is 0.303 e. The number of aromatic nitrogens is 2. The van der Waals surface area contributed by atoms with Crippen LogP contribution in [0, 0.1) is 0 Å². The van der Waals surface area contributed by atoms with E-state index in [4.69, 9.17) is 14.2 Å². The number of nitrogens with zero attached hydrogens (tertiary/aromatic N) is 3. The number of carbonyl (C=O) groups excluding carboxylic acids is 3. The second-order valence-corrected chi connectivity index (χ2v) is 7.43. The molecule has 0 aromatic carbocycles. The molecule has 0 radical (unpaired) electrons.